The molecule has 0 fully saturated rings. The second-order valence-corrected chi connectivity index (χ2v) is 8.49. The van der Waals surface area contributed by atoms with Crippen LogP contribution in [0.2, 0.25) is 0 Å². The molecule has 1 amide bonds. The van der Waals surface area contributed by atoms with Crippen LogP contribution in [-0.4, -0.2) is 39.7 Å². The summed E-state index contributed by atoms with van der Waals surface area (Å²) in [5, 5.41) is 2.67. The third-order valence-electron chi connectivity index (χ3n) is 4.08. The number of nitrogens with zero attached hydrogens (tertiary/aromatic N) is 1. The van der Waals surface area contributed by atoms with E-state index in [0.29, 0.717) is 16.9 Å². The normalized spacial score (nSPS) is 11.0. The first-order valence-corrected chi connectivity index (χ1v) is 10.5. The fourth-order valence-electron chi connectivity index (χ4n) is 2.67. The lowest BCUT2D eigenvalue weighted by molar-refractivity contribution is -0.145. The molecular formula is C20H24N2O5S. The van der Waals surface area contributed by atoms with Crippen molar-refractivity contribution in [3.8, 4) is 0 Å². The lowest BCUT2D eigenvalue weighted by Gasteiger charge is -2.23. The molecule has 0 unspecified atom stereocenters. The molecule has 0 radical (unpaired) electrons. The first-order chi connectivity index (χ1) is 13.1. The van der Waals surface area contributed by atoms with Crippen LogP contribution in [0.4, 0.5) is 11.4 Å². The third-order valence-corrected chi connectivity index (χ3v) is 5.20. The topological polar surface area (TPSA) is 92.8 Å². The molecule has 150 valence electrons. The SMILES string of the molecule is Cc1ccc(NC(=O)COC(=O)CN(c2ccccc2C)S(C)(=O)=O)c(C)c1. The van der Waals surface area contributed by atoms with E-state index in [9.17, 15) is 18.0 Å². The smallest absolute Gasteiger partial charge is 0.327 e. The first kappa shape index (κ1) is 21.4. The minimum atomic E-state index is -3.70. The Balaban J connectivity index is 1.99. The van der Waals surface area contributed by atoms with Gasteiger partial charge in [-0.3, -0.25) is 13.9 Å². The highest BCUT2D eigenvalue weighted by Gasteiger charge is 2.23. The van der Waals surface area contributed by atoms with Crippen LogP contribution in [0.5, 0.6) is 0 Å². The van der Waals surface area contributed by atoms with Crippen molar-refractivity contribution >= 4 is 33.3 Å². The molecule has 1 N–H and O–H groups in total. The van der Waals surface area contributed by atoms with Crippen LogP contribution in [0.3, 0.4) is 0 Å². The maximum Gasteiger partial charge on any atom is 0.327 e. The quantitative estimate of drug-likeness (QED) is 0.716. The van der Waals surface area contributed by atoms with E-state index < -0.39 is 35.1 Å². The number of hydrogen-bond acceptors (Lipinski definition) is 5. The number of aryl methyl sites for hydroxylation is 3. The van der Waals surface area contributed by atoms with Crippen molar-refractivity contribution in [2.24, 2.45) is 0 Å². The van der Waals surface area contributed by atoms with Gasteiger partial charge in [0.25, 0.3) is 5.91 Å². The second kappa shape index (κ2) is 8.88. The summed E-state index contributed by atoms with van der Waals surface area (Å²) in [5.74, 6) is -1.31. The van der Waals surface area contributed by atoms with Gasteiger partial charge in [-0.05, 0) is 44.0 Å². The number of benzene rings is 2. The molecule has 0 aliphatic heterocycles. The van der Waals surface area contributed by atoms with E-state index in [1.165, 1.54) is 0 Å². The van der Waals surface area contributed by atoms with Gasteiger partial charge in [-0.25, -0.2) is 8.42 Å². The lowest BCUT2D eigenvalue weighted by atomic mass is 10.1. The highest BCUT2D eigenvalue weighted by molar-refractivity contribution is 7.92. The Bertz CT molecular complexity index is 986. The zero-order valence-corrected chi connectivity index (χ0v) is 17.2. The summed E-state index contributed by atoms with van der Waals surface area (Å²) in [5.41, 5.74) is 3.68. The van der Waals surface area contributed by atoms with Gasteiger partial charge in [0.2, 0.25) is 10.0 Å². The van der Waals surface area contributed by atoms with E-state index in [1.54, 1.807) is 37.3 Å². The maximum atomic E-state index is 12.1. The van der Waals surface area contributed by atoms with Crippen molar-refractivity contribution in [2.75, 3.05) is 29.0 Å². The van der Waals surface area contributed by atoms with Crippen molar-refractivity contribution in [1.29, 1.82) is 0 Å². The number of amides is 1. The van der Waals surface area contributed by atoms with Crippen molar-refractivity contribution in [1.82, 2.24) is 0 Å². The van der Waals surface area contributed by atoms with Gasteiger partial charge < -0.3 is 10.1 Å². The molecule has 0 heterocycles. The average Bonchev–Trinajstić information content (AvgIpc) is 2.60. The molecule has 7 nitrogen and oxygen atoms in total. The van der Waals surface area contributed by atoms with E-state index in [2.05, 4.69) is 5.32 Å². The van der Waals surface area contributed by atoms with Crippen molar-refractivity contribution in [3.05, 3.63) is 59.2 Å². The fraction of sp³-hybridized carbons (Fsp3) is 0.300. The number of anilines is 2. The molecule has 0 aliphatic rings. The molecule has 28 heavy (non-hydrogen) atoms. The van der Waals surface area contributed by atoms with Crippen LogP contribution in [0.15, 0.2) is 42.5 Å². The van der Waals surface area contributed by atoms with E-state index in [4.69, 9.17) is 4.74 Å². The third kappa shape index (κ3) is 5.82. The summed E-state index contributed by atoms with van der Waals surface area (Å²) in [6.45, 7) is 4.54. The molecule has 0 atom stereocenters. The summed E-state index contributed by atoms with van der Waals surface area (Å²) in [6, 6.07) is 12.4. The molecule has 0 saturated heterocycles. The summed E-state index contributed by atoms with van der Waals surface area (Å²) in [4.78, 5) is 24.2. The van der Waals surface area contributed by atoms with Gasteiger partial charge in [0.1, 0.15) is 6.54 Å². The fourth-order valence-corrected chi connectivity index (χ4v) is 3.58. The monoisotopic (exact) mass is 404 g/mol. The van der Waals surface area contributed by atoms with Gasteiger partial charge in [0, 0.05) is 5.69 Å². The number of ether oxygens (including phenoxy) is 1. The minimum Gasteiger partial charge on any atom is -0.454 e. The van der Waals surface area contributed by atoms with Crippen molar-refractivity contribution in [3.63, 3.8) is 0 Å². The number of hydrogen-bond donors (Lipinski definition) is 1. The van der Waals surface area contributed by atoms with Gasteiger partial charge in [0.15, 0.2) is 6.61 Å². The Morgan fingerprint density at radius 3 is 2.32 bits per heavy atom. The van der Waals surface area contributed by atoms with Gasteiger partial charge in [-0.1, -0.05) is 35.9 Å². The number of carbonyl (C=O) groups is 2. The van der Waals surface area contributed by atoms with Crippen LogP contribution < -0.4 is 9.62 Å². The number of sulfonamides is 1. The number of carbonyl (C=O) groups excluding carboxylic acids is 2. The Morgan fingerprint density at radius 1 is 1.04 bits per heavy atom. The Kier molecular flexibility index (Phi) is 6.80. The number of para-hydroxylation sites is 1. The zero-order chi connectivity index (χ0) is 20.9. The predicted molar refractivity (Wildman–Crippen MR) is 109 cm³/mol. The molecule has 2 aromatic carbocycles. The first-order valence-electron chi connectivity index (χ1n) is 8.64. The standard InChI is InChI=1S/C20H24N2O5S/c1-14-9-10-17(16(3)11-14)21-19(23)13-27-20(24)12-22(28(4,25)26)18-8-6-5-7-15(18)2/h5-11H,12-13H2,1-4H3,(H,21,23). The van der Waals surface area contributed by atoms with Gasteiger partial charge >= 0.3 is 5.97 Å². The molecule has 2 aromatic rings. The molecular weight excluding hydrogens is 380 g/mol. The van der Waals surface area contributed by atoms with E-state index in [0.717, 1.165) is 21.7 Å². The van der Waals surface area contributed by atoms with Crippen LogP contribution in [0, 0.1) is 20.8 Å². The van der Waals surface area contributed by atoms with E-state index >= 15 is 0 Å². The van der Waals surface area contributed by atoms with E-state index in [1.807, 2.05) is 26.0 Å². The van der Waals surface area contributed by atoms with Crippen LogP contribution in [0.1, 0.15) is 16.7 Å². The van der Waals surface area contributed by atoms with Crippen molar-refractivity contribution < 1.29 is 22.7 Å². The number of rotatable bonds is 7. The molecule has 0 bridgehead atoms. The summed E-state index contributed by atoms with van der Waals surface area (Å²) >= 11 is 0. The van der Waals surface area contributed by atoms with Gasteiger partial charge in [-0.15, -0.1) is 0 Å². The minimum absolute atomic E-state index is 0.390. The summed E-state index contributed by atoms with van der Waals surface area (Å²) in [7, 11) is -3.70. The molecule has 0 spiro atoms. The molecule has 0 saturated carbocycles. The highest BCUT2D eigenvalue weighted by Crippen LogP contribution is 2.22. The van der Waals surface area contributed by atoms with Crippen LogP contribution in [0.25, 0.3) is 0 Å². The van der Waals surface area contributed by atoms with Gasteiger partial charge in [-0.2, -0.15) is 0 Å². The Labute approximate surface area is 165 Å². The second-order valence-electron chi connectivity index (χ2n) is 6.58. The highest BCUT2D eigenvalue weighted by atomic mass is 32.2. The van der Waals surface area contributed by atoms with Crippen LogP contribution in [-0.2, 0) is 24.3 Å². The van der Waals surface area contributed by atoms with Gasteiger partial charge in [0.05, 0.1) is 11.9 Å². The largest absolute Gasteiger partial charge is 0.454 e. The Morgan fingerprint density at radius 2 is 1.71 bits per heavy atom. The molecule has 0 aliphatic carbocycles. The molecule has 8 heteroatoms. The summed E-state index contributed by atoms with van der Waals surface area (Å²) < 4.78 is 30.1. The van der Waals surface area contributed by atoms with E-state index in [-0.39, 0.29) is 0 Å². The summed E-state index contributed by atoms with van der Waals surface area (Å²) in [6.07, 6.45) is 1.01. The number of nitrogens with one attached hydrogen (secondary N) is 1. The molecule has 2 rings (SSSR count). The average molecular weight is 404 g/mol. The zero-order valence-electron chi connectivity index (χ0n) is 16.4. The molecule has 0 aromatic heterocycles. The lowest BCUT2D eigenvalue weighted by Crippen LogP contribution is -2.37. The maximum absolute atomic E-state index is 12.1. The number of esters is 1. The van der Waals surface area contributed by atoms with Crippen LogP contribution >= 0.6 is 0 Å². The van der Waals surface area contributed by atoms with Crippen molar-refractivity contribution in [2.45, 2.75) is 20.8 Å². The predicted octanol–water partition coefficient (Wildman–Crippen LogP) is 2.56. The Hall–Kier alpha value is -2.87.